The van der Waals surface area contributed by atoms with Crippen LogP contribution >= 0.6 is 0 Å². The normalized spacial score (nSPS) is 15.3. The van der Waals surface area contributed by atoms with Crippen LogP contribution < -0.4 is 5.32 Å². The molecular formula is C21H22N4O3S. The topological polar surface area (TPSA) is 92.3 Å². The third-order valence-corrected chi connectivity index (χ3v) is 6.96. The fraction of sp³-hybridized carbons (Fsp3) is 0.286. The molecule has 1 aliphatic rings. The van der Waals surface area contributed by atoms with Gasteiger partial charge in [-0.2, -0.15) is 4.31 Å². The van der Waals surface area contributed by atoms with E-state index in [4.69, 9.17) is 0 Å². The molecular weight excluding hydrogens is 388 g/mol. The van der Waals surface area contributed by atoms with Gasteiger partial charge in [-0.3, -0.25) is 9.78 Å². The van der Waals surface area contributed by atoms with E-state index in [0.29, 0.717) is 35.7 Å². The van der Waals surface area contributed by atoms with Crippen molar-refractivity contribution in [1.82, 2.24) is 19.6 Å². The van der Waals surface area contributed by atoms with Gasteiger partial charge in [0.05, 0.1) is 10.4 Å². The number of nitrogens with one attached hydrogen (secondary N) is 1. The third kappa shape index (κ3) is 4.28. The summed E-state index contributed by atoms with van der Waals surface area (Å²) in [5.74, 6) is -0.284. The Bertz CT molecular complexity index is 1120. The first kappa shape index (κ1) is 19.5. The zero-order valence-electron chi connectivity index (χ0n) is 15.9. The van der Waals surface area contributed by atoms with Gasteiger partial charge in [0.1, 0.15) is 5.69 Å². The van der Waals surface area contributed by atoms with Gasteiger partial charge in [0.2, 0.25) is 10.0 Å². The summed E-state index contributed by atoms with van der Waals surface area (Å²) in [7, 11) is -3.44. The van der Waals surface area contributed by atoms with Crippen molar-refractivity contribution < 1.29 is 13.2 Å². The molecule has 1 N–H and O–H groups in total. The van der Waals surface area contributed by atoms with Crippen LogP contribution in [0, 0.1) is 0 Å². The minimum atomic E-state index is -3.44. The summed E-state index contributed by atoms with van der Waals surface area (Å²) in [5.41, 5.74) is 1.86. The minimum absolute atomic E-state index is 0.284. The van der Waals surface area contributed by atoms with Gasteiger partial charge in [0.25, 0.3) is 5.91 Å². The van der Waals surface area contributed by atoms with Crippen molar-refractivity contribution in [2.75, 3.05) is 13.1 Å². The van der Waals surface area contributed by atoms with Crippen molar-refractivity contribution in [1.29, 1.82) is 0 Å². The Morgan fingerprint density at radius 1 is 1.00 bits per heavy atom. The second-order valence-electron chi connectivity index (χ2n) is 7.06. The largest absolute Gasteiger partial charge is 0.347 e. The van der Waals surface area contributed by atoms with Gasteiger partial charge < -0.3 is 5.32 Å². The fourth-order valence-electron chi connectivity index (χ4n) is 3.40. The van der Waals surface area contributed by atoms with Gasteiger partial charge in [-0.25, -0.2) is 13.4 Å². The van der Waals surface area contributed by atoms with Crippen LogP contribution in [0.1, 0.15) is 35.3 Å². The zero-order chi connectivity index (χ0) is 20.3. The second-order valence-corrected chi connectivity index (χ2v) is 8.99. The first-order valence-corrected chi connectivity index (χ1v) is 11.1. The Labute approximate surface area is 169 Å². The van der Waals surface area contributed by atoms with E-state index in [1.54, 1.807) is 53.1 Å². The molecule has 0 unspecified atom stereocenters. The van der Waals surface area contributed by atoms with Gasteiger partial charge in [-0.1, -0.05) is 18.6 Å². The highest BCUT2D eigenvalue weighted by atomic mass is 32.2. The predicted octanol–water partition coefficient (Wildman–Crippen LogP) is 2.73. The molecule has 1 aliphatic heterocycles. The summed E-state index contributed by atoms with van der Waals surface area (Å²) in [6.45, 7) is 1.45. The molecule has 0 bridgehead atoms. The lowest BCUT2D eigenvalue weighted by Crippen LogP contribution is -2.35. The molecule has 2 aromatic heterocycles. The highest BCUT2D eigenvalue weighted by molar-refractivity contribution is 7.89. The summed E-state index contributed by atoms with van der Waals surface area (Å²) in [6, 6.07) is 11.9. The van der Waals surface area contributed by atoms with Gasteiger partial charge >= 0.3 is 0 Å². The number of carbonyl (C=O) groups excluding carboxylic acids is 1. The SMILES string of the molecule is O=C(NCc1ccc(S(=O)(=O)N2CCCCC2)cc1)c1ccc2cnccc2n1. The molecule has 150 valence electrons. The second kappa shape index (κ2) is 8.26. The Hall–Kier alpha value is -2.84. The summed E-state index contributed by atoms with van der Waals surface area (Å²) in [4.78, 5) is 21.1. The number of fused-ring (bicyclic) bond motifs is 1. The highest BCUT2D eigenvalue weighted by Gasteiger charge is 2.25. The van der Waals surface area contributed by atoms with E-state index in [0.717, 1.165) is 30.2 Å². The highest BCUT2D eigenvalue weighted by Crippen LogP contribution is 2.21. The van der Waals surface area contributed by atoms with Crippen LogP contribution in [0.15, 0.2) is 59.8 Å². The molecule has 1 aromatic carbocycles. The van der Waals surface area contributed by atoms with Gasteiger partial charge in [0, 0.05) is 37.4 Å². The summed E-state index contributed by atoms with van der Waals surface area (Å²) in [6.07, 6.45) is 6.22. The first-order valence-electron chi connectivity index (χ1n) is 9.62. The average molecular weight is 410 g/mol. The molecule has 0 atom stereocenters. The monoisotopic (exact) mass is 410 g/mol. The molecule has 0 saturated carbocycles. The van der Waals surface area contributed by atoms with Crippen molar-refractivity contribution in [3.63, 3.8) is 0 Å². The number of hydrogen-bond acceptors (Lipinski definition) is 5. The minimum Gasteiger partial charge on any atom is -0.347 e. The van der Waals surface area contributed by atoms with Crippen LogP contribution in [0.5, 0.6) is 0 Å². The van der Waals surface area contributed by atoms with E-state index < -0.39 is 10.0 Å². The predicted molar refractivity (Wildman–Crippen MR) is 110 cm³/mol. The number of carbonyl (C=O) groups is 1. The van der Waals surface area contributed by atoms with Gasteiger partial charge in [0.15, 0.2) is 0 Å². The van der Waals surface area contributed by atoms with Crippen LogP contribution in [0.4, 0.5) is 0 Å². The van der Waals surface area contributed by atoms with E-state index in [2.05, 4.69) is 15.3 Å². The molecule has 7 nitrogen and oxygen atoms in total. The quantitative estimate of drug-likeness (QED) is 0.698. The Kier molecular flexibility index (Phi) is 5.55. The lowest BCUT2D eigenvalue weighted by molar-refractivity contribution is 0.0946. The molecule has 0 aliphatic carbocycles. The molecule has 1 fully saturated rings. The summed E-state index contributed by atoms with van der Waals surface area (Å²) >= 11 is 0. The Balaban J connectivity index is 1.41. The number of aromatic nitrogens is 2. The Morgan fingerprint density at radius 3 is 2.52 bits per heavy atom. The number of hydrogen-bond donors (Lipinski definition) is 1. The van der Waals surface area contributed by atoms with Crippen LogP contribution in [0.3, 0.4) is 0 Å². The molecule has 0 spiro atoms. The molecule has 1 amide bonds. The molecule has 0 radical (unpaired) electrons. The number of rotatable bonds is 5. The fourth-order valence-corrected chi connectivity index (χ4v) is 4.92. The molecule has 3 aromatic rings. The molecule has 1 saturated heterocycles. The number of amides is 1. The lowest BCUT2D eigenvalue weighted by atomic mass is 10.2. The molecule has 4 rings (SSSR count). The lowest BCUT2D eigenvalue weighted by Gasteiger charge is -2.25. The number of nitrogens with zero attached hydrogens (tertiary/aromatic N) is 3. The van der Waals surface area contributed by atoms with Crippen LogP contribution in [0.25, 0.3) is 10.9 Å². The van der Waals surface area contributed by atoms with E-state index in [9.17, 15) is 13.2 Å². The standard InChI is InChI=1S/C21H22N4O3S/c26-21(20-9-6-17-15-22-11-10-19(17)24-20)23-14-16-4-7-18(8-5-16)29(27,28)25-12-2-1-3-13-25/h4-11,15H,1-3,12-14H2,(H,23,26). The van der Waals surface area contributed by atoms with Crippen LogP contribution in [-0.4, -0.2) is 41.7 Å². The average Bonchev–Trinajstić information content (AvgIpc) is 2.78. The number of benzene rings is 1. The van der Waals surface area contributed by atoms with Crippen LogP contribution in [-0.2, 0) is 16.6 Å². The van der Waals surface area contributed by atoms with Gasteiger partial charge in [-0.05, 0) is 48.7 Å². The third-order valence-electron chi connectivity index (χ3n) is 5.05. The van der Waals surface area contributed by atoms with Crippen LogP contribution in [0.2, 0.25) is 0 Å². The first-order chi connectivity index (χ1) is 14.0. The van der Waals surface area contributed by atoms with E-state index in [-0.39, 0.29) is 5.91 Å². The molecule has 8 heteroatoms. The zero-order valence-corrected chi connectivity index (χ0v) is 16.7. The maximum absolute atomic E-state index is 12.7. The van der Waals surface area contributed by atoms with Crippen molar-refractivity contribution >= 4 is 26.8 Å². The van der Waals surface area contributed by atoms with Gasteiger partial charge in [-0.15, -0.1) is 0 Å². The summed E-state index contributed by atoms with van der Waals surface area (Å²) < 4.78 is 27.0. The van der Waals surface area contributed by atoms with Crippen molar-refractivity contribution in [3.05, 3.63) is 66.1 Å². The molecule has 3 heterocycles. The summed E-state index contributed by atoms with van der Waals surface area (Å²) in [5, 5.41) is 3.69. The number of sulfonamides is 1. The maximum atomic E-state index is 12.7. The van der Waals surface area contributed by atoms with E-state index in [1.165, 1.54) is 0 Å². The molecule has 29 heavy (non-hydrogen) atoms. The van der Waals surface area contributed by atoms with E-state index >= 15 is 0 Å². The Morgan fingerprint density at radius 2 is 1.76 bits per heavy atom. The maximum Gasteiger partial charge on any atom is 0.270 e. The number of piperidine rings is 1. The van der Waals surface area contributed by atoms with Crippen molar-refractivity contribution in [2.45, 2.75) is 30.7 Å². The number of pyridine rings is 2. The van der Waals surface area contributed by atoms with Crippen molar-refractivity contribution in [2.24, 2.45) is 0 Å². The van der Waals surface area contributed by atoms with Crippen molar-refractivity contribution in [3.8, 4) is 0 Å². The smallest absolute Gasteiger partial charge is 0.270 e. The van der Waals surface area contributed by atoms with E-state index in [1.807, 2.05) is 6.07 Å².